The standard InChI is InChI=1S/C19H13F2N3O2S/c1-27-19-23-17(14(9-22)18(25)24-19)12-4-2-11(3-5-12)10-26-16-7-6-13(20)8-15(16)21/h2-8H,10H2,1H3,(H,23,24,25). The van der Waals surface area contributed by atoms with Crippen molar-refractivity contribution in [1.82, 2.24) is 9.97 Å². The third-order valence-electron chi connectivity index (χ3n) is 3.72. The van der Waals surface area contributed by atoms with Gasteiger partial charge in [-0.1, -0.05) is 36.0 Å². The van der Waals surface area contributed by atoms with Crippen LogP contribution in [0.25, 0.3) is 11.3 Å². The van der Waals surface area contributed by atoms with Crippen molar-refractivity contribution in [3.63, 3.8) is 0 Å². The maximum Gasteiger partial charge on any atom is 0.270 e. The fourth-order valence-corrected chi connectivity index (χ4v) is 2.75. The quantitative estimate of drug-likeness (QED) is 0.533. The van der Waals surface area contributed by atoms with Gasteiger partial charge in [0, 0.05) is 11.6 Å². The van der Waals surface area contributed by atoms with E-state index in [2.05, 4.69) is 9.97 Å². The third kappa shape index (κ3) is 4.15. The molecule has 0 unspecified atom stereocenters. The lowest BCUT2D eigenvalue weighted by molar-refractivity contribution is 0.289. The van der Waals surface area contributed by atoms with Gasteiger partial charge in [-0.15, -0.1) is 0 Å². The summed E-state index contributed by atoms with van der Waals surface area (Å²) >= 11 is 1.26. The summed E-state index contributed by atoms with van der Waals surface area (Å²) in [6.07, 6.45) is 1.77. The molecule has 1 N–H and O–H groups in total. The van der Waals surface area contributed by atoms with E-state index in [1.54, 1.807) is 30.5 Å². The van der Waals surface area contributed by atoms with E-state index >= 15 is 0 Å². The number of hydrogen-bond donors (Lipinski definition) is 1. The van der Waals surface area contributed by atoms with Gasteiger partial charge < -0.3 is 9.72 Å². The Labute approximate surface area is 157 Å². The smallest absolute Gasteiger partial charge is 0.270 e. The second kappa shape index (κ2) is 8.01. The van der Waals surface area contributed by atoms with Crippen molar-refractivity contribution in [2.45, 2.75) is 11.8 Å². The summed E-state index contributed by atoms with van der Waals surface area (Å²) in [5.74, 6) is -1.50. The summed E-state index contributed by atoms with van der Waals surface area (Å²) < 4.78 is 31.9. The van der Waals surface area contributed by atoms with Gasteiger partial charge in [0.05, 0.1) is 5.69 Å². The second-order valence-corrected chi connectivity index (χ2v) is 6.27. The van der Waals surface area contributed by atoms with Crippen LogP contribution in [0.3, 0.4) is 0 Å². The van der Waals surface area contributed by atoms with Crippen LogP contribution in [0.5, 0.6) is 5.75 Å². The molecule has 0 atom stereocenters. The van der Waals surface area contributed by atoms with Gasteiger partial charge in [0.2, 0.25) is 0 Å². The predicted octanol–water partition coefficient (Wildman–Crippen LogP) is 3.89. The Morgan fingerprint density at radius 3 is 2.59 bits per heavy atom. The van der Waals surface area contributed by atoms with Crippen molar-refractivity contribution < 1.29 is 13.5 Å². The first-order valence-corrected chi connectivity index (χ1v) is 9.00. The molecular weight excluding hydrogens is 372 g/mol. The number of nitriles is 1. The zero-order valence-electron chi connectivity index (χ0n) is 14.1. The van der Waals surface area contributed by atoms with Gasteiger partial charge in [-0.25, -0.2) is 13.8 Å². The molecule has 27 heavy (non-hydrogen) atoms. The summed E-state index contributed by atoms with van der Waals surface area (Å²) in [6.45, 7) is 0.0762. The van der Waals surface area contributed by atoms with E-state index in [0.29, 0.717) is 16.4 Å². The molecule has 5 nitrogen and oxygen atoms in total. The monoisotopic (exact) mass is 385 g/mol. The van der Waals surface area contributed by atoms with Crippen LogP contribution < -0.4 is 10.3 Å². The lowest BCUT2D eigenvalue weighted by Gasteiger charge is -2.09. The Morgan fingerprint density at radius 1 is 1.22 bits per heavy atom. The summed E-state index contributed by atoms with van der Waals surface area (Å²) in [7, 11) is 0. The molecule has 1 heterocycles. The third-order valence-corrected chi connectivity index (χ3v) is 4.30. The first-order valence-electron chi connectivity index (χ1n) is 7.77. The highest BCUT2D eigenvalue weighted by Gasteiger charge is 2.13. The molecule has 0 spiro atoms. The lowest BCUT2D eigenvalue weighted by Crippen LogP contribution is -2.14. The molecule has 0 bridgehead atoms. The van der Waals surface area contributed by atoms with Gasteiger partial charge in [0.15, 0.2) is 16.7 Å². The molecule has 0 amide bonds. The number of hydrogen-bond acceptors (Lipinski definition) is 5. The molecule has 3 rings (SSSR count). The van der Waals surface area contributed by atoms with E-state index in [9.17, 15) is 18.8 Å². The summed E-state index contributed by atoms with van der Waals surface area (Å²) in [5.41, 5.74) is 1.07. The fourth-order valence-electron chi connectivity index (χ4n) is 2.37. The first kappa shape index (κ1) is 18.6. The number of halogens is 2. The molecule has 0 aliphatic rings. The highest BCUT2D eigenvalue weighted by Crippen LogP contribution is 2.23. The minimum absolute atomic E-state index is 0.0480. The van der Waals surface area contributed by atoms with E-state index in [1.807, 2.05) is 6.07 Å². The molecule has 0 saturated carbocycles. The molecule has 0 saturated heterocycles. The normalized spacial score (nSPS) is 10.4. The maximum absolute atomic E-state index is 13.6. The molecular formula is C19H13F2N3O2S. The number of thioether (sulfide) groups is 1. The summed E-state index contributed by atoms with van der Waals surface area (Å²) in [5, 5.41) is 9.65. The Kier molecular flexibility index (Phi) is 5.52. The highest BCUT2D eigenvalue weighted by molar-refractivity contribution is 7.98. The Balaban J connectivity index is 1.83. The molecule has 0 fully saturated rings. The molecule has 3 aromatic rings. The van der Waals surface area contributed by atoms with Gasteiger partial charge in [-0.05, 0) is 24.0 Å². The average Bonchev–Trinajstić information content (AvgIpc) is 2.67. The minimum Gasteiger partial charge on any atom is -0.486 e. The number of rotatable bonds is 5. The number of benzene rings is 2. The number of ether oxygens (including phenoxy) is 1. The van der Waals surface area contributed by atoms with Crippen molar-refractivity contribution >= 4 is 11.8 Å². The summed E-state index contributed by atoms with van der Waals surface area (Å²) in [4.78, 5) is 18.8. The van der Waals surface area contributed by atoms with E-state index in [1.165, 1.54) is 17.8 Å². The Hall–Kier alpha value is -3.18. The van der Waals surface area contributed by atoms with E-state index in [4.69, 9.17) is 4.74 Å². The van der Waals surface area contributed by atoms with Crippen molar-refractivity contribution in [2.24, 2.45) is 0 Å². The van der Waals surface area contributed by atoms with Crippen LogP contribution in [0.1, 0.15) is 11.1 Å². The van der Waals surface area contributed by atoms with E-state index in [-0.39, 0.29) is 17.9 Å². The number of nitrogens with one attached hydrogen (secondary N) is 1. The summed E-state index contributed by atoms with van der Waals surface area (Å²) in [6, 6.07) is 11.8. The predicted molar refractivity (Wildman–Crippen MR) is 97.5 cm³/mol. The van der Waals surface area contributed by atoms with Gasteiger partial charge >= 0.3 is 0 Å². The molecule has 136 valence electrons. The van der Waals surface area contributed by atoms with Crippen LogP contribution in [0.4, 0.5) is 8.78 Å². The Bertz CT molecular complexity index is 1080. The second-order valence-electron chi connectivity index (χ2n) is 5.47. The molecule has 0 aliphatic carbocycles. The highest BCUT2D eigenvalue weighted by atomic mass is 32.2. The first-order chi connectivity index (χ1) is 13.0. The largest absolute Gasteiger partial charge is 0.486 e. The number of H-pyrrole nitrogens is 1. The van der Waals surface area contributed by atoms with Crippen molar-refractivity contribution in [2.75, 3.05) is 6.26 Å². The average molecular weight is 385 g/mol. The molecule has 8 heteroatoms. The Morgan fingerprint density at radius 2 is 1.96 bits per heavy atom. The molecule has 0 aliphatic heterocycles. The number of nitrogens with zero attached hydrogens (tertiary/aromatic N) is 2. The number of aromatic nitrogens is 2. The van der Waals surface area contributed by atoms with Crippen molar-refractivity contribution in [3.8, 4) is 23.1 Å². The van der Waals surface area contributed by atoms with Crippen LogP contribution in [-0.4, -0.2) is 16.2 Å². The molecule has 2 aromatic carbocycles. The molecule has 1 aromatic heterocycles. The maximum atomic E-state index is 13.6. The van der Waals surface area contributed by atoms with E-state index < -0.39 is 17.2 Å². The van der Waals surface area contributed by atoms with E-state index in [0.717, 1.165) is 17.7 Å². The van der Waals surface area contributed by atoms with Crippen LogP contribution >= 0.6 is 11.8 Å². The fraction of sp³-hybridized carbons (Fsp3) is 0.105. The SMILES string of the molecule is CSc1nc(-c2ccc(COc3ccc(F)cc3F)cc2)c(C#N)c(=O)[nH]1. The van der Waals surface area contributed by atoms with Crippen LogP contribution in [0.15, 0.2) is 52.4 Å². The van der Waals surface area contributed by atoms with Gasteiger partial charge in [-0.3, -0.25) is 4.79 Å². The van der Waals surface area contributed by atoms with Crippen LogP contribution in [0, 0.1) is 23.0 Å². The zero-order chi connectivity index (χ0) is 19.4. The molecule has 0 radical (unpaired) electrons. The van der Waals surface area contributed by atoms with Crippen molar-refractivity contribution in [1.29, 1.82) is 5.26 Å². The lowest BCUT2D eigenvalue weighted by atomic mass is 10.1. The topological polar surface area (TPSA) is 78.8 Å². The minimum atomic E-state index is -0.775. The van der Waals surface area contributed by atoms with Gasteiger partial charge in [0.1, 0.15) is 24.1 Å². The van der Waals surface area contributed by atoms with Gasteiger partial charge in [0.25, 0.3) is 5.56 Å². The van der Waals surface area contributed by atoms with Gasteiger partial charge in [-0.2, -0.15) is 5.26 Å². The van der Waals surface area contributed by atoms with Crippen LogP contribution in [0.2, 0.25) is 0 Å². The van der Waals surface area contributed by atoms with Crippen LogP contribution in [-0.2, 0) is 6.61 Å². The van der Waals surface area contributed by atoms with Crippen molar-refractivity contribution in [3.05, 3.63) is 75.6 Å². The number of aromatic amines is 1. The zero-order valence-corrected chi connectivity index (χ0v) is 14.9.